The predicted molar refractivity (Wildman–Crippen MR) is 47.6 cm³/mol. The molecule has 6 heteroatoms. The molecule has 0 aromatic heterocycles. The summed E-state index contributed by atoms with van der Waals surface area (Å²) in [5.41, 5.74) is 5.45. The maximum Gasteiger partial charge on any atom is 0.318 e. The summed E-state index contributed by atoms with van der Waals surface area (Å²) in [6.45, 7) is -0.669. The Bertz CT molecular complexity index is 201. The fourth-order valence-electron chi connectivity index (χ4n) is 1.21. The van der Waals surface area contributed by atoms with Crippen molar-refractivity contribution in [2.45, 2.75) is 23.7 Å². The van der Waals surface area contributed by atoms with Gasteiger partial charge in [-0.25, -0.2) is 0 Å². The monoisotopic (exact) mass is 256 g/mol. The van der Waals surface area contributed by atoms with E-state index < -0.39 is 11.4 Å². The Hall–Kier alpha value is -0.230. The zero-order valence-electron chi connectivity index (χ0n) is 6.90. The molecule has 3 nitrogen and oxygen atoms in total. The number of alkyl halides is 3. The second-order valence-electron chi connectivity index (χ2n) is 3.26. The van der Waals surface area contributed by atoms with Gasteiger partial charge in [-0.05, 0) is 28.8 Å². The number of halogens is 3. The van der Waals surface area contributed by atoms with Crippen LogP contribution in [0.2, 0.25) is 0 Å². The third-order valence-corrected chi connectivity index (χ3v) is 2.29. The van der Waals surface area contributed by atoms with E-state index >= 15 is 0 Å². The average Bonchev–Trinajstić information content (AvgIpc) is 1.93. The molecule has 0 heterocycles. The van der Waals surface area contributed by atoms with E-state index in [9.17, 15) is 13.6 Å². The van der Waals surface area contributed by atoms with Crippen LogP contribution in [0.1, 0.15) is 12.8 Å². The van der Waals surface area contributed by atoms with Gasteiger partial charge in [-0.2, -0.15) is 8.78 Å². The van der Waals surface area contributed by atoms with Crippen molar-refractivity contribution in [2.75, 3.05) is 6.54 Å². The van der Waals surface area contributed by atoms with Gasteiger partial charge in [0.2, 0.25) is 5.91 Å². The molecule has 1 saturated carbocycles. The molecule has 0 radical (unpaired) electrons. The summed E-state index contributed by atoms with van der Waals surface area (Å²) in [5, 5.41) is 2.15. The van der Waals surface area contributed by atoms with Gasteiger partial charge in [0.25, 0.3) is 0 Å². The average molecular weight is 257 g/mol. The first-order chi connectivity index (χ1) is 5.88. The number of rotatable bonds is 3. The Labute approximate surface area is 83.2 Å². The summed E-state index contributed by atoms with van der Waals surface area (Å²) in [7, 11) is 0. The SMILES string of the molecule is NC1CC(C(=O)NCC(F)(F)Br)C1. The Kier molecular flexibility index (Phi) is 3.23. The lowest BCUT2D eigenvalue weighted by Gasteiger charge is -2.31. The highest BCUT2D eigenvalue weighted by atomic mass is 79.9. The van der Waals surface area contributed by atoms with Gasteiger partial charge in [0.05, 0.1) is 6.54 Å². The molecule has 0 atom stereocenters. The Balaban J connectivity index is 2.19. The first kappa shape index (κ1) is 10.8. The van der Waals surface area contributed by atoms with Crippen molar-refractivity contribution in [3.8, 4) is 0 Å². The topological polar surface area (TPSA) is 55.1 Å². The van der Waals surface area contributed by atoms with E-state index in [0.717, 1.165) is 0 Å². The Morgan fingerprint density at radius 3 is 2.54 bits per heavy atom. The molecular weight excluding hydrogens is 246 g/mol. The molecule has 0 aromatic rings. The Morgan fingerprint density at radius 2 is 2.15 bits per heavy atom. The van der Waals surface area contributed by atoms with Gasteiger partial charge < -0.3 is 11.1 Å². The van der Waals surface area contributed by atoms with Gasteiger partial charge in [-0.15, -0.1) is 0 Å². The second-order valence-corrected chi connectivity index (χ2v) is 4.42. The van der Waals surface area contributed by atoms with Crippen LogP contribution < -0.4 is 11.1 Å². The third-order valence-electron chi connectivity index (χ3n) is 2.01. The van der Waals surface area contributed by atoms with Crippen LogP contribution in [-0.2, 0) is 4.79 Å². The van der Waals surface area contributed by atoms with Gasteiger partial charge in [0, 0.05) is 12.0 Å². The minimum atomic E-state index is -3.02. The predicted octanol–water partition coefficient (Wildman–Crippen LogP) is 0.828. The van der Waals surface area contributed by atoms with Gasteiger partial charge in [0.15, 0.2) is 0 Å². The molecule has 0 spiro atoms. The van der Waals surface area contributed by atoms with Crippen LogP contribution in [0.25, 0.3) is 0 Å². The molecular formula is C7H11BrF2N2O. The van der Waals surface area contributed by atoms with E-state index in [0.29, 0.717) is 12.8 Å². The minimum absolute atomic E-state index is 0.0558. The molecule has 0 saturated heterocycles. The molecule has 1 fully saturated rings. The highest BCUT2D eigenvalue weighted by Gasteiger charge is 2.33. The molecule has 1 amide bonds. The van der Waals surface area contributed by atoms with Crippen molar-refractivity contribution in [3.05, 3.63) is 0 Å². The normalized spacial score (nSPS) is 28.0. The first-order valence-corrected chi connectivity index (χ1v) is 4.78. The molecule has 0 aromatic carbocycles. The minimum Gasteiger partial charge on any atom is -0.349 e. The smallest absolute Gasteiger partial charge is 0.318 e. The number of amides is 1. The number of hydrogen-bond donors (Lipinski definition) is 2. The first-order valence-electron chi connectivity index (χ1n) is 3.98. The highest BCUT2D eigenvalue weighted by Crippen LogP contribution is 2.26. The van der Waals surface area contributed by atoms with Crippen molar-refractivity contribution in [1.82, 2.24) is 5.32 Å². The molecule has 1 aliphatic carbocycles. The summed E-state index contributed by atoms with van der Waals surface area (Å²) in [5.74, 6) is -0.509. The second kappa shape index (κ2) is 3.88. The largest absolute Gasteiger partial charge is 0.349 e. The summed E-state index contributed by atoms with van der Waals surface area (Å²) in [6.07, 6.45) is 1.19. The van der Waals surface area contributed by atoms with Crippen LogP contribution in [0.4, 0.5) is 8.78 Å². The van der Waals surface area contributed by atoms with Crippen molar-refractivity contribution < 1.29 is 13.6 Å². The standard InChI is InChI=1S/C7H11BrF2N2O/c8-7(9,10)3-12-6(13)4-1-5(11)2-4/h4-5H,1-3,11H2,(H,12,13). The fourth-order valence-corrected chi connectivity index (χ4v) is 1.35. The molecule has 0 aliphatic heterocycles. The number of carbonyl (C=O) groups excluding carboxylic acids is 1. The molecule has 13 heavy (non-hydrogen) atoms. The summed E-state index contributed by atoms with van der Waals surface area (Å²) >= 11 is 2.14. The molecule has 1 aliphatic rings. The van der Waals surface area contributed by atoms with Crippen LogP contribution in [0, 0.1) is 5.92 Å². The number of nitrogens with one attached hydrogen (secondary N) is 1. The molecule has 3 N–H and O–H groups in total. The van der Waals surface area contributed by atoms with Gasteiger partial charge in [-0.3, -0.25) is 4.79 Å². The van der Waals surface area contributed by atoms with Gasteiger partial charge in [0.1, 0.15) is 0 Å². The zero-order valence-corrected chi connectivity index (χ0v) is 8.48. The van der Waals surface area contributed by atoms with Crippen molar-refractivity contribution in [1.29, 1.82) is 0 Å². The lowest BCUT2D eigenvalue weighted by Crippen LogP contribution is -2.46. The summed E-state index contributed by atoms with van der Waals surface area (Å²) in [6, 6.07) is 0.0558. The van der Waals surface area contributed by atoms with Crippen LogP contribution in [0.15, 0.2) is 0 Å². The van der Waals surface area contributed by atoms with Crippen molar-refractivity contribution >= 4 is 21.8 Å². The van der Waals surface area contributed by atoms with Crippen molar-refractivity contribution in [2.24, 2.45) is 11.7 Å². The van der Waals surface area contributed by atoms with E-state index in [1.807, 2.05) is 0 Å². The van der Waals surface area contributed by atoms with Gasteiger partial charge >= 0.3 is 4.83 Å². The maximum atomic E-state index is 12.2. The van der Waals surface area contributed by atoms with Crippen LogP contribution in [-0.4, -0.2) is 23.3 Å². The molecule has 1 rings (SSSR count). The lowest BCUT2D eigenvalue weighted by molar-refractivity contribution is -0.128. The van der Waals surface area contributed by atoms with Crippen molar-refractivity contribution in [3.63, 3.8) is 0 Å². The maximum absolute atomic E-state index is 12.2. The van der Waals surface area contributed by atoms with Crippen LogP contribution in [0.5, 0.6) is 0 Å². The highest BCUT2D eigenvalue weighted by molar-refractivity contribution is 9.10. The fraction of sp³-hybridized carbons (Fsp3) is 0.857. The van der Waals surface area contributed by atoms with Crippen LogP contribution >= 0.6 is 15.9 Å². The third kappa shape index (κ3) is 3.56. The van der Waals surface area contributed by atoms with E-state index in [1.165, 1.54) is 0 Å². The van der Waals surface area contributed by atoms with E-state index in [-0.39, 0.29) is 17.9 Å². The molecule has 76 valence electrons. The quantitative estimate of drug-likeness (QED) is 0.736. The molecule has 0 unspecified atom stereocenters. The van der Waals surface area contributed by atoms with E-state index in [2.05, 4.69) is 21.2 Å². The summed E-state index contributed by atoms with van der Waals surface area (Å²) in [4.78, 5) is 8.08. The van der Waals surface area contributed by atoms with Gasteiger partial charge in [-0.1, -0.05) is 0 Å². The van der Waals surface area contributed by atoms with E-state index in [4.69, 9.17) is 5.73 Å². The van der Waals surface area contributed by atoms with Crippen LogP contribution in [0.3, 0.4) is 0 Å². The number of hydrogen-bond acceptors (Lipinski definition) is 2. The molecule has 0 bridgehead atoms. The number of carbonyl (C=O) groups is 1. The summed E-state index contributed by atoms with van der Waals surface area (Å²) < 4.78 is 24.4. The van der Waals surface area contributed by atoms with E-state index in [1.54, 1.807) is 0 Å². The zero-order chi connectivity index (χ0) is 10.1. The lowest BCUT2D eigenvalue weighted by atomic mass is 9.80. The number of nitrogens with two attached hydrogens (primary N) is 1. The Morgan fingerprint density at radius 1 is 1.62 bits per heavy atom.